The van der Waals surface area contributed by atoms with Gasteiger partial charge in [0.1, 0.15) is 0 Å². The van der Waals surface area contributed by atoms with E-state index in [9.17, 15) is 0 Å². The Morgan fingerprint density at radius 3 is 2.28 bits per heavy atom. The summed E-state index contributed by atoms with van der Waals surface area (Å²) < 4.78 is 0. The van der Waals surface area contributed by atoms with Crippen LogP contribution in [0.3, 0.4) is 0 Å². The van der Waals surface area contributed by atoms with Gasteiger partial charge in [-0.2, -0.15) is 0 Å². The van der Waals surface area contributed by atoms with Crippen molar-refractivity contribution in [3.05, 3.63) is 47.5 Å². The van der Waals surface area contributed by atoms with Crippen LogP contribution in [-0.4, -0.2) is 11.6 Å². The van der Waals surface area contributed by atoms with Crippen molar-refractivity contribution in [1.29, 1.82) is 0 Å². The Balaban J connectivity index is 1.45. The molecule has 0 aromatic heterocycles. The molecule has 1 N–H and O–H groups in total. The summed E-state index contributed by atoms with van der Waals surface area (Å²) in [6.07, 6.45) is 7.98. The molecule has 0 amide bonds. The minimum absolute atomic E-state index is 0.375. The molecule has 2 fully saturated rings. The van der Waals surface area contributed by atoms with E-state index in [4.69, 9.17) is 0 Å². The lowest BCUT2D eigenvalue weighted by atomic mass is 9.73. The average Bonchev–Trinajstić information content (AvgIpc) is 3.68. The average molecular weight is 490 g/mol. The molecule has 1 heterocycles. The van der Waals surface area contributed by atoms with Crippen molar-refractivity contribution in [3.63, 3.8) is 0 Å². The summed E-state index contributed by atoms with van der Waals surface area (Å²) in [5, 5.41) is 6.82. The molecular formula is C35H55N. The van der Waals surface area contributed by atoms with Crippen molar-refractivity contribution < 1.29 is 0 Å². The molecule has 200 valence electrons. The van der Waals surface area contributed by atoms with Crippen LogP contribution in [-0.2, 0) is 0 Å². The van der Waals surface area contributed by atoms with Gasteiger partial charge in [-0.25, -0.2) is 0 Å². The number of rotatable bonds is 11. The predicted octanol–water partition coefficient (Wildman–Crippen LogP) is 9.91. The molecular weight excluding hydrogens is 434 g/mol. The Kier molecular flexibility index (Phi) is 7.76. The van der Waals surface area contributed by atoms with Crippen molar-refractivity contribution in [1.82, 2.24) is 5.32 Å². The number of hydrogen-bond donors (Lipinski definition) is 1. The molecule has 0 bridgehead atoms. The molecule has 1 saturated carbocycles. The fraction of sp³-hybridized carbons (Fsp3) is 0.714. The van der Waals surface area contributed by atoms with Crippen LogP contribution in [0.2, 0.25) is 0 Å². The van der Waals surface area contributed by atoms with Gasteiger partial charge < -0.3 is 5.32 Å². The van der Waals surface area contributed by atoms with E-state index >= 15 is 0 Å². The van der Waals surface area contributed by atoms with Gasteiger partial charge in [0.2, 0.25) is 0 Å². The Bertz CT molecular complexity index is 1040. The van der Waals surface area contributed by atoms with E-state index < -0.39 is 0 Å². The molecule has 2 aromatic carbocycles. The molecule has 4 rings (SSSR count). The number of nitrogens with one attached hydrogen (secondary N) is 1. The third kappa shape index (κ3) is 5.87. The van der Waals surface area contributed by atoms with Gasteiger partial charge in [0.15, 0.2) is 0 Å². The van der Waals surface area contributed by atoms with Gasteiger partial charge in [0.25, 0.3) is 0 Å². The van der Waals surface area contributed by atoms with Gasteiger partial charge in [0, 0.05) is 11.6 Å². The Morgan fingerprint density at radius 2 is 1.67 bits per heavy atom. The first-order valence-corrected chi connectivity index (χ1v) is 15.0. The van der Waals surface area contributed by atoms with Crippen molar-refractivity contribution in [3.8, 4) is 0 Å². The van der Waals surface area contributed by atoms with Gasteiger partial charge in [-0.3, -0.25) is 0 Å². The SMILES string of the molecule is CCC(CC(CCC(C)C(C)C1NC1(C)C1CC1(C)C)CC(C)(C)C)c1c(C)ccc2ccccc12. The van der Waals surface area contributed by atoms with E-state index in [1.807, 2.05) is 0 Å². The summed E-state index contributed by atoms with van der Waals surface area (Å²) in [6.45, 7) is 24.5. The quantitative estimate of drug-likeness (QED) is 0.312. The molecule has 7 unspecified atom stereocenters. The van der Waals surface area contributed by atoms with Crippen LogP contribution in [0.25, 0.3) is 10.8 Å². The smallest absolute Gasteiger partial charge is 0.0346 e. The summed E-state index contributed by atoms with van der Waals surface area (Å²) in [5.41, 5.74) is 4.40. The third-order valence-corrected chi connectivity index (χ3v) is 10.3. The predicted molar refractivity (Wildman–Crippen MR) is 159 cm³/mol. The molecule has 2 aliphatic rings. The topological polar surface area (TPSA) is 21.9 Å². The molecule has 0 radical (unpaired) electrons. The Morgan fingerprint density at radius 1 is 1.00 bits per heavy atom. The number of benzene rings is 2. The number of aryl methyl sites for hydroxylation is 1. The molecule has 1 nitrogen and oxygen atoms in total. The lowest BCUT2D eigenvalue weighted by Crippen LogP contribution is -2.25. The number of hydrogen-bond acceptors (Lipinski definition) is 1. The fourth-order valence-corrected chi connectivity index (χ4v) is 7.88. The zero-order chi connectivity index (χ0) is 26.5. The number of fused-ring (bicyclic) bond motifs is 1. The maximum atomic E-state index is 3.96. The normalized spacial score (nSPS) is 28.5. The minimum atomic E-state index is 0.375. The van der Waals surface area contributed by atoms with E-state index in [-0.39, 0.29) is 0 Å². The lowest BCUT2D eigenvalue weighted by Gasteiger charge is -2.32. The first-order valence-electron chi connectivity index (χ1n) is 15.0. The Labute approximate surface area is 223 Å². The lowest BCUT2D eigenvalue weighted by molar-refractivity contribution is 0.230. The summed E-state index contributed by atoms with van der Waals surface area (Å²) in [7, 11) is 0. The molecule has 2 aromatic rings. The molecule has 1 aliphatic heterocycles. The molecule has 1 aliphatic carbocycles. The standard InChI is InChI=1S/C35H55N/c1-11-27(31-24(3)17-19-28-14-12-13-15-29(28)31)20-26(21-33(5,6)7)18-16-23(2)25(4)32-35(10,36-32)30-22-34(30,8)9/h12-15,17,19,23,25-27,30,32,36H,11,16,18,20-22H2,1-10H3. The van der Waals surface area contributed by atoms with Crippen LogP contribution >= 0.6 is 0 Å². The van der Waals surface area contributed by atoms with Crippen LogP contribution in [0.4, 0.5) is 0 Å². The summed E-state index contributed by atoms with van der Waals surface area (Å²) in [5.74, 6) is 3.81. The third-order valence-electron chi connectivity index (χ3n) is 10.3. The van der Waals surface area contributed by atoms with Gasteiger partial charge >= 0.3 is 0 Å². The monoisotopic (exact) mass is 489 g/mol. The zero-order valence-electron chi connectivity index (χ0n) is 25.2. The second-order valence-corrected chi connectivity index (χ2v) is 15.1. The van der Waals surface area contributed by atoms with E-state index in [1.54, 1.807) is 5.56 Å². The van der Waals surface area contributed by atoms with E-state index in [0.29, 0.717) is 28.3 Å². The van der Waals surface area contributed by atoms with Gasteiger partial charge in [-0.05, 0) is 102 Å². The second kappa shape index (κ2) is 10.1. The van der Waals surface area contributed by atoms with E-state index in [2.05, 4.69) is 111 Å². The highest BCUT2D eigenvalue weighted by Gasteiger charge is 2.67. The first kappa shape index (κ1) is 27.7. The van der Waals surface area contributed by atoms with Crippen LogP contribution < -0.4 is 5.32 Å². The van der Waals surface area contributed by atoms with Crippen molar-refractivity contribution in [2.24, 2.45) is 34.5 Å². The molecule has 0 spiro atoms. The second-order valence-electron chi connectivity index (χ2n) is 15.1. The fourth-order valence-electron chi connectivity index (χ4n) is 7.88. The first-order chi connectivity index (χ1) is 16.8. The van der Waals surface area contributed by atoms with Crippen LogP contribution in [0.5, 0.6) is 0 Å². The maximum absolute atomic E-state index is 3.96. The molecule has 36 heavy (non-hydrogen) atoms. The van der Waals surface area contributed by atoms with E-state index in [1.165, 1.54) is 54.9 Å². The van der Waals surface area contributed by atoms with Crippen molar-refractivity contribution >= 4 is 10.8 Å². The largest absolute Gasteiger partial charge is 0.305 e. The molecule has 1 saturated heterocycles. The van der Waals surface area contributed by atoms with Gasteiger partial charge in [-0.1, -0.05) is 105 Å². The van der Waals surface area contributed by atoms with Gasteiger partial charge in [-0.15, -0.1) is 0 Å². The maximum Gasteiger partial charge on any atom is 0.0346 e. The van der Waals surface area contributed by atoms with Crippen LogP contribution in [0.15, 0.2) is 36.4 Å². The molecule has 7 atom stereocenters. The van der Waals surface area contributed by atoms with Crippen LogP contribution in [0, 0.1) is 41.4 Å². The highest BCUT2D eigenvalue weighted by molar-refractivity contribution is 5.87. The Hall–Kier alpha value is -1.34. The van der Waals surface area contributed by atoms with Crippen molar-refractivity contribution in [2.75, 3.05) is 0 Å². The molecule has 1 heteroatoms. The highest BCUT2D eigenvalue weighted by Crippen LogP contribution is 2.63. The summed E-state index contributed by atoms with van der Waals surface area (Å²) in [4.78, 5) is 0. The highest BCUT2D eigenvalue weighted by atomic mass is 15.2. The zero-order valence-corrected chi connectivity index (χ0v) is 25.2. The van der Waals surface area contributed by atoms with E-state index in [0.717, 1.165) is 23.7 Å². The van der Waals surface area contributed by atoms with Crippen molar-refractivity contribution in [2.45, 2.75) is 125 Å². The summed E-state index contributed by atoms with van der Waals surface area (Å²) in [6, 6.07) is 14.4. The van der Waals surface area contributed by atoms with Gasteiger partial charge in [0.05, 0.1) is 0 Å². The summed E-state index contributed by atoms with van der Waals surface area (Å²) >= 11 is 0. The van der Waals surface area contributed by atoms with Crippen LogP contribution in [0.1, 0.15) is 118 Å². The minimum Gasteiger partial charge on any atom is -0.305 e.